The Labute approximate surface area is 173 Å². The third-order valence-corrected chi connectivity index (χ3v) is 3.39. The first kappa shape index (κ1) is 24.7. The first-order valence-electron chi connectivity index (χ1n) is 9.22. The Hall–Kier alpha value is -3.37. The second kappa shape index (κ2) is 11.6. The molecule has 1 unspecified atom stereocenters. The molecule has 0 bridgehead atoms. The lowest BCUT2D eigenvalue weighted by Gasteiger charge is -2.21. The van der Waals surface area contributed by atoms with E-state index in [4.69, 9.17) is 14.2 Å². The predicted octanol–water partition coefficient (Wildman–Crippen LogP) is 2.69. The van der Waals surface area contributed by atoms with Gasteiger partial charge in [-0.25, -0.2) is 9.59 Å². The van der Waals surface area contributed by atoms with Crippen molar-refractivity contribution >= 4 is 18.3 Å². The minimum Gasteiger partial charge on any atom is -0.490 e. The molecule has 0 radical (unpaired) electrons. The average Bonchev–Trinajstić information content (AvgIpc) is 2.63. The first-order valence-corrected chi connectivity index (χ1v) is 9.22. The number of nitrogens with zero attached hydrogens (tertiary/aromatic N) is 1. The average molecular weight is 426 g/mol. The van der Waals surface area contributed by atoms with Gasteiger partial charge >= 0.3 is 12.1 Å². The summed E-state index contributed by atoms with van der Waals surface area (Å²) in [5, 5.41) is 11.6. The smallest absolute Gasteiger partial charge is 0.408 e. The van der Waals surface area contributed by atoms with Crippen molar-refractivity contribution in [3.8, 4) is 11.5 Å². The molecule has 1 aromatic rings. The molecule has 1 atom stereocenters. The molecule has 0 saturated carbocycles. The topological polar surface area (TPSA) is 143 Å². The SMILES string of the molecule is CC(NC(=O)OC(C)(C)C)C(=O)Oc1cc(C=O)ccc1OCCCCO[N+](=O)[O-]. The third-order valence-electron chi connectivity index (χ3n) is 3.39. The van der Waals surface area contributed by atoms with Gasteiger partial charge in [0.05, 0.1) is 13.2 Å². The van der Waals surface area contributed by atoms with Gasteiger partial charge in [-0.15, -0.1) is 10.1 Å². The zero-order valence-electron chi connectivity index (χ0n) is 17.3. The Morgan fingerprint density at radius 3 is 2.47 bits per heavy atom. The molecule has 166 valence electrons. The van der Waals surface area contributed by atoms with Gasteiger partial charge in [-0.1, -0.05) is 0 Å². The molecule has 0 aliphatic heterocycles. The maximum absolute atomic E-state index is 12.3. The Kier molecular flexibility index (Phi) is 9.53. The Morgan fingerprint density at radius 1 is 1.20 bits per heavy atom. The van der Waals surface area contributed by atoms with Gasteiger partial charge in [0.1, 0.15) is 17.9 Å². The predicted molar refractivity (Wildman–Crippen MR) is 104 cm³/mol. The van der Waals surface area contributed by atoms with E-state index in [1.165, 1.54) is 25.1 Å². The first-order chi connectivity index (χ1) is 14.0. The largest absolute Gasteiger partial charge is 0.490 e. The van der Waals surface area contributed by atoms with Crippen molar-refractivity contribution in [1.29, 1.82) is 0 Å². The van der Waals surface area contributed by atoms with Gasteiger partial charge in [0.2, 0.25) is 0 Å². The normalized spacial score (nSPS) is 11.7. The Bertz CT molecular complexity index is 759. The maximum Gasteiger partial charge on any atom is 0.408 e. The summed E-state index contributed by atoms with van der Waals surface area (Å²) in [5.74, 6) is -0.578. The zero-order valence-corrected chi connectivity index (χ0v) is 17.3. The highest BCUT2D eigenvalue weighted by Crippen LogP contribution is 2.28. The summed E-state index contributed by atoms with van der Waals surface area (Å²) < 4.78 is 15.9. The van der Waals surface area contributed by atoms with Crippen LogP contribution in [0.1, 0.15) is 50.9 Å². The molecule has 1 rings (SSSR count). The fourth-order valence-corrected chi connectivity index (χ4v) is 2.06. The van der Waals surface area contributed by atoms with Crippen LogP contribution in [0, 0.1) is 10.1 Å². The molecular formula is C19H26N2O9. The minimum absolute atomic E-state index is 0.00369. The highest BCUT2D eigenvalue weighted by molar-refractivity contribution is 5.84. The number of amides is 1. The summed E-state index contributed by atoms with van der Waals surface area (Å²) in [7, 11) is 0. The number of hydrogen-bond donors (Lipinski definition) is 1. The van der Waals surface area contributed by atoms with E-state index in [1.54, 1.807) is 20.8 Å². The molecule has 1 N–H and O–H groups in total. The van der Waals surface area contributed by atoms with Gasteiger partial charge in [-0.3, -0.25) is 4.79 Å². The number of esters is 1. The van der Waals surface area contributed by atoms with Crippen LogP contribution in [0.5, 0.6) is 11.5 Å². The Morgan fingerprint density at radius 2 is 1.87 bits per heavy atom. The van der Waals surface area contributed by atoms with Crippen LogP contribution in [0.2, 0.25) is 0 Å². The van der Waals surface area contributed by atoms with Crippen LogP contribution in [0.15, 0.2) is 18.2 Å². The highest BCUT2D eigenvalue weighted by Gasteiger charge is 2.23. The second-order valence-electron chi connectivity index (χ2n) is 7.23. The van der Waals surface area contributed by atoms with E-state index in [1.807, 2.05) is 0 Å². The number of carbonyl (C=O) groups excluding carboxylic acids is 3. The number of benzene rings is 1. The van der Waals surface area contributed by atoms with Gasteiger partial charge in [0.15, 0.2) is 11.5 Å². The van der Waals surface area contributed by atoms with E-state index in [-0.39, 0.29) is 30.3 Å². The molecule has 0 saturated heterocycles. The quantitative estimate of drug-likeness (QED) is 0.141. The van der Waals surface area contributed by atoms with Crippen LogP contribution in [-0.4, -0.2) is 48.3 Å². The molecule has 0 fully saturated rings. The summed E-state index contributed by atoms with van der Waals surface area (Å²) in [4.78, 5) is 49.5. The van der Waals surface area contributed by atoms with Gasteiger partial charge < -0.3 is 24.4 Å². The van der Waals surface area contributed by atoms with Crippen LogP contribution < -0.4 is 14.8 Å². The third kappa shape index (κ3) is 9.71. The van der Waals surface area contributed by atoms with Crippen molar-refractivity contribution in [3.05, 3.63) is 33.9 Å². The number of hydrogen-bond acceptors (Lipinski definition) is 9. The van der Waals surface area contributed by atoms with Crippen molar-refractivity contribution in [2.45, 2.75) is 52.2 Å². The minimum atomic E-state index is -1.02. The van der Waals surface area contributed by atoms with E-state index in [0.29, 0.717) is 19.1 Å². The van der Waals surface area contributed by atoms with Crippen molar-refractivity contribution in [2.24, 2.45) is 0 Å². The maximum atomic E-state index is 12.3. The van der Waals surface area contributed by atoms with Gasteiger partial charge in [0, 0.05) is 5.56 Å². The van der Waals surface area contributed by atoms with E-state index in [9.17, 15) is 24.5 Å². The number of rotatable bonds is 11. The molecule has 0 aliphatic rings. The molecule has 0 aliphatic carbocycles. The summed E-state index contributed by atoms with van der Waals surface area (Å²) in [6, 6.07) is 3.26. The highest BCUT2D eigenvalue weighted by atomic mass is 16.9. The summed E-state index contributed by atoms with van der Waals surface area (Å²) in [6.07, 6.45) is 0.646. The number of ether oxygens (including phenoxy) is 3. The zero-order chi connectivity index (χ0) is 22.7. The second-order valence-corrected chi connectivity index (χ2v) is 7.23. The molecular weight excluding hydrogens is 400 g/mol. The van der Waals surface area contributed by atoms with Crippen LogP contribution in [-0.2, 0) is 14.4 Å². The number of unbranched alkanes of at least 4 members (excludes halogenated alkanes) is 1. The van der Waals surface area contributed by atoms with E-state index < -0.39 is 28.8 Å². The number of alkyl carbamates (subject to hydrolysis) is 1. The molecule has 1 aromatic carbocycles. The van der Waals surface area contributed by atoms with Crippen molar-refractivity contribution < 1.29 is 38.5 Å². The molecule has 1 amide bonds. The van der Waals surface area contributed by atoms with Crippen LogP contribution in [0.25, 0.3) is 0 Å². The molecule has 0 heterocycles. The molecule has 0 spiro atoms. The number of aldehydes is 1. The van der Waals surface area contributed by atoms with Crippen LogP contribution in [0.4, 0.5) is 4.79 Å². The van der Waals surface area contributed by atoms with Crippen LogP contribution in [0.3, 0.4) is 0 Å². The fraction of sp³-hybridized carbons (Fsp3) is 0.526. The van der Waals surface area contributed by atoms with Crippen molar-refractivity contribution in [3.63, 3.8) is 0 Å². The van der Waals surface area contributed by atoms with Crippen LogP contribution >= 0.6 is 0 Å². The van der Waals surface area contributed by atoms with Crippen molar-refractivity contribution in [1.82, 2.24) is 5.32 Å². The Balaban J connectivity index is 2.69. The summed E-state index contributed by atoms with van der Waals surface area (Å²) in [5.41, 5.74) is -0.463. The lowest BCUT2D eigenvalue weighted by atomic mass is 10.2. The molecule has 11 heteroatoms. The number of carbonyl (C=O) groups is 3. The standard InChI is InChI=1S/C19H26N2O9/c1-13(20-18(24)30-19(2,3)4)17(23)29-16-11-14(12-22)7-8-15(16)27-9-5-6-10-28-21(25)26/h7-8,11-13H,5-6,9-10H2,1-4H3,(H,20,24). The summed E-state index contributed by atoms with van der Waals surface area (Å²) >= 11 is 0. The molecule has 30 heavy (non-hydrogen) atoms. The van der Waals surface area contributed by atoms with E-state index >= 15 is 0 Å². The fourth-order valence-electron chi connectivity index (χ4n) is 2.06. The van der Waals surface area contributed by atoms with Crippen molar-refractivity contribution in [2.75, 3.05) is 13.2 Å². The van der Waals surface area contributed by atoms with Gasteiger partial charge in [0.25, 0.3) is 5.09 Å². The number of nitrogens with one attached hydrogen (secondary N) is 1. The molecule has 0 aromatic heterocycles. The van der Waals surface area contributed by atoms with E-state index in [0.717, 1.165) is 0 Å². The molecule has 11 nitrogen and oxygen atoms in total. The monoisotopic (exact) mass is 426 g/mol. The lowest BCUT2D eigenvalue weighted by Crippen LogP contribution is -2.43. The summed E-state index contributed by atoms with van der Waals surface area (Å²) in [6.45, 7) is 6.61. The van der Waals surface area contributed by atoms with E-state index in [2.05, 4.69) is 10.2 Å². The van der Waals surface area contributed by atoms with Gasteiger partial charge in [-0.05, 0) is 58.7 Å². The lowest BCUT2D eigenvalue weighted by molar-refractivity contribution is -0.757. The van der Waals surface area contributed by atoms with Gasteiger partial charge in [-0.2, -0.15) is 0 Å².